The predicted molar refractivity (Wildman–Crippen MR) is 118 cm³/mol. The number of aryl methyl sites for hydroxylation is 2. The van der Waals surface area contributed by atoms with E-state index in [2.05, 4.69) is 50.8 Å². The molecule has 2 aromatic heterocycles. The minimum Gasteiger partial charge on any atom is -0.459 e. The third-order valence-corrected chi connectivity index (χ3v) is 5.57. The van der Waals surface area contributed by atoms with Crippen molar-refractivity contribution in [3.8, 4) is 11.4 Å². The number of rotatable bonds is 4. The lowest BCUT2D eigenvalue weighted by molar-refractivity contribution is 0.0714. The Hall–Kier alpha value is -3.15. The van der Waals surface area contributed by atoms with Crippen LogP contribution in [0.25, 0.3) is 11.4 Å². The lowest BCUT2D eigenvalue weighted by Crippen LogP contribution is -2.49. The van der Waals surface area contributed by atoms with Crippen molar-refractivity contribution in [2.75, 3.05) is 31.1 Å². The number of piperazine rings is 1. The molecule has 156 valence electrons. The van der Waals surface area contributed by atoms with Gasteiger partial charge in [-0.3, -0.25) is 4.79 Å². The molecule has 0 aliphatic carbocycles. The Balaban J connectivity index is 1.62. The number of furan rings is 1. The van der Waals surface area contributed by atoms with Crippen molar-refractivity contribution in [2.24, 2.45) is 0 Å². The fourth-order valence-electron chi connectivity index (χ4n) is 4.07. The smallest absolute Gasteiger partial charge is 0.289 e. The molecule has 0 unspecified atom stereocenters. The van der Waals surface area contributed by atoms with Gasteiger partial charge in [-0.05, 0) is 38.0 Å². The summed E-state index contributed by atoms with van der Waals surface area (Å²) in [6, 6.07) is 11.8. The first kappa shape index (κ1) is 20.1. The highest BCUT2D eigenvalue weighted by Gasteiger charge is 2.27. The highest BCUT2D eigenvalue weighted by molar-refractivity contribution is 5.91. The molecule has 3 heterocycles. The molecule has 0 bridgehead atoms. The Bertz CT molecular complexity index is 1040. The zero-order valence-electron chi connectivity index (χ0n) is 18.1. The molecule has 1 aliphatic heterocycles. The number of benzene rings is 1. The molecule has 30 heavy (non-hydrogen) atoms. The molecule has 1 aliphatic rings. The Morgan fingerprint density at radius 1 is 1.03 bits per heavy atom. The number of hydrogen-bond donors (Lipinski definition) is 0. The van der Waals surface area contributed by atoms with E-state index in [4.69, 9.17) is 14.4 Å². The summed E-state index contributed by atoms with van der Waals surface area (Å²) in [5.74, 6) is 2.40. The third-order valence-electron chi connectivity index (χ3n) is 5.57. The lowest BCUT2D eigenvalue weighted by Gasteiger charge is -2.36. The maximum Gasteiger partial charge on any atom is 0.289 e. The van der Waals surface area contributed by atoms with Crippen LogP contribution in [0.2, 0.25) is 0 Å². The second kappa shape index (κ2) is 8.30. The van der Waals surface area contributed by atoms with E-state index in [-0.39, 0.29) is 5.91 Å². The number of carbonyl (C=O) groups is 1. The van der Waals surface area contributed by atoms with E-state index in [1.807, 2.05) is 11.0 Å². The van der Waals surface area contributed by atoms with Crippen LogP contribution in [0.4, 0.5) is 5.82 Å². The molecule has 0 N–H and O–H groups in total. The van der Waals surface area contributed by atoms with E-state index in [0.29, 0.717) is 24.8 Å². The van der Waals surface area contributed by atoms with Crippen molar-refractivity contribution in [3.05, 3.63) is 65.2 Å². The largest absolute Gasteiger partial charge is 0.459 e. The van der Waals surface area contributed by atoms with Crippen molar-refractivity contribution < 1.29 is 9.21 Å². The molecule has 1 amide bonds. The zero-order valence-corrected chi connectivity index (χ0v) is 18.1. The first-order valence-electron chi connectivity index (χ1n) is 10.5. The van der Waals surface area contributed by atoms with Gasteiger partial charge in [-0.2, -0.15) is 0 Å². The summed E-state index contributed by atoms with van der Waals surface area (Å²) in [7, 11) is 0. The van der Waals surface area contributed by atoms with Gasteiger partial charge in [0.2, 0.25) is 0 Å². The maximum absolute atomic E-state index is 12.6. The Kier molecular flexibility index (Phi) is 5.57. The van der Waals surface area contributed by atoms with E-state index >= 15 is 0 Å². The SMILES string of the molecule is Cc1cccc(-c2nc(C)c(C(C)C)c(N3CCN(C(=O)c4ccco4)CC3)n2)c1. The molecule has 1 saturated heterocycles. The average Bonchev–Trinajstić information content (AvgIpc) is 3.27. The Labute approximate surface area is 177 Å². The summed E-state index contributed by atoms with van der Waals surface area (Å²) >= 11 is 0. The van der Waals surface area contributed by atoms with E-state index in [0.717, 1.165) is 36.0 Å². The second-order valence-electron chi connectivity index (χ2n) is 8.15. The van der Waals surface area contributed by atoms with Crippen LogP contribution in [0, 0.1) is 13.8 Å². The molecule has 0 atom stereocenters. The van der Waals surface area contributed by atoms with Crippen LogP contribution in [0.3, 0.4) is 0 Å². The standard InChI is InChI=1S/C24H28N4O2/c1-16(2)21-18(4)25-22(19-8-5-7-17(3)15-19)26-23(21)27-10-12-28(13-11-27)24(29)20-9-6-14-30-20/h5-9,14-16H,10-13H2,1-4H3. The van der Waals surface area contributed by atoms with Gasteiger partial charge in [0.1, 0.15) is 5.82 Å². The van der Waals surface area contributed by atoms with Gasteiger partial charge < -0.3 is 14.2 Å². The van der Waals surface area contributed by atoms with Gasteiger partial charge in [-0.25, -0.2) is 9.97 Å². The van der Waals surface area contributed by atoms with Gasteiger partial charge in [0.25, 0.3) is 5.91 Å². The van der Waals surface area contributed by atoms with Crippen LogP contribution in [0.15, 0.2) is 47.1 Å². The minimum atomic E-state index is -0.0527. The minimum absolute atomic E-state index is 0.0527. The van der Waals surface area contributed by atoms with Gasteiger partial charge in [-0.1, -0.05) is 37.6 Å². The van der Waals surface area contributed by atoms with E-state index in [1.54, 1.807) is 12.1 Å². The first-order chi connectivity index (χ1) is 14.4. The van der Waals surface area contributed by atoms with Crippen molar-refractivity contribution in [2.45, 2.75) is 33.6 Å². The van der Waals surface area contributed by atoms with Gasteiger partial charge in [0.15, 0.2) is 11.6 Å². The molecule has 1 aromatic carbocycles. The molecular formula is C24H28N4O2. The van der Waals surface area contributed by atoms with Crippen LogP contribution in [-0.2, 0) is 0 Å². The first-order valence-corrected chi connectivity index (χ1v) is 10.5. The summed E-state index contributed by atoms with van der Waals surface area (Å²) in [6.07, 6.45) is 1.54. The molecule has 3 aromatic rings. The fourth-order valence-corrected chi connectivity index (χ4v) is 4.07. The van der Waals surface area contributed by atoms with Crippen molar-refractivity contribution in [3.63, 3.8) is 0 Å². The maximum atomic E-state index is 12.6. The number of nitrogens with zero attached hydrogens (tertiary/aromatic N) is 4. The summed E-state index contributed by atoms with van der Waals surface area (Å²) in [5, 5.41) is 0. The lowest BCUT2D eigenvalue weighted by atomic mass is 10.0. The topological polar surface area (TPSA) is 62.5 Å². The summed E-state index contributed by atoms with van der Waals surface area (Å²) in [6.45, 7) is 11.2. The number of aromatic nitrogens is 2. The molecule has 0 spiro atoms. The van der Waals surface area contributed by atoms with E-state index < -0.39 is 0 Å². The molecule has 1 fully saturated rings. The third kappa shape index (κ3) is 3.95. The van der Waals surface area contributed by atoms with Crippen LogP contribution in [0.1, 0.15) is 47.1 Å². The van der Waals surface area contributed by atoms with Gasteiger partial charge in [0.05, 0.1) is 6.26 Å². The highest BCUT2D eigenvalue weighted by Crippen LogP contribution is 2.31. The van der Waals surface area contributed by atoms with Crippen molar-refractivity contribution in [1.82, 2.24) is 14.9 Å². The molecule has 6 heteroatoms. The van der Waals surface area contributed by atoms with Gasteiger partial charge in [-0.15, -0.1) is 0 Å². The zero-order chi connectivity index (χ0) is 21.3. The van der Waals surface area contributed by atoms with E-state index in [9.17, 15) is 4.79 Å². The number of carbonyl (C=O) groups excluding carboxylic acids is 1. The van der Waals surface area contributed by atoms with Crippen molar-refractivity contribution >= 4 is 11.7 Å². The average molecular weight is 405 g/mol. The summed E-state index contributed by atoms with van der Waals surface area (Å²) in [5.41, 5.74) is 4.41. The predicted octanol–water partition coefficient (Wildman–Crippen LogP) is 4.44. The number of amides is 1. The summed E-state index contributed by atoms with van der Waals surface area (Å²) in [4.78, 5) is 26.6. The molecule has 0 saturated carbocycles. The molecular weight excluding hydrogens is 376 g/mol. The second-order valence-corrected chi connectivity index (χ2v) is 8.15. The Morgan fingerprint density at radius 3 is 2.43 bits per heavy atom. The van der Waals surface area contributed by atoms with Crippen molar-refractivity contribution in [1.29, 1.82) is 0 Å². The number of hydrogen-bond acceptors (Lipinski definition) is 5. The van der Waals surface area contributed by atoms with Gasteiger partial charge >= 0.3 is 0 Å². The monoisotopic (exact) mass is 404 g/mol. The normalized spacial score (nSPS) is 14.4. The van der Waals surface area contributed by atoms with Crippen LogP contribution in [-0.4, -0.2) is 47.0 Å². The van der Waals surface area contributed by atoms with Crippen LogP contribution < -0.4 is 4.90 Å². The van der Waals surface area contributed by atoms with Crippen LogP contribution >= 0.6 is 0 Å². The fraction of sp³-hybridized carbons (Fsp3) is 0.375. The Morgan fingerprint density at radius 2 is 1.80 bits per heavy atom. The molecule has 0 radical (unpaired) electrons. The quantitative estimate of drug-likeness (QED) is 0.643. The van der Waals surface area contributed by atoms with Gasteiger partial charge in [0, 0.05) is 43.0 Å². The highest BCUT2D eigenvalue weighted by atomic mass is 16.3. The van der Waals surface area contributed by atoms with E-state index in [1.165, 1.54) is 17.4 Å². The molecule has 4 rings (SSSR count). The summed E-state index contributed by atoms with van der Waals surface area (Å²) < 4.78 is 5.28. The van der Waals surface area contributed by atoms with Crippen LogP contribution in [0.5, 0.6) is 0 Å². The number of anilines is 1. The molecule has 6 nitrogen and oxygen atoms in total.